The average molecular weight is 670 g/mol. The summed E-state index contributed by atoms with van der Waals surface area (Å²) < 4.78 is 6.11. The van der Waals surface area contributed by atoms with E-state index < -0.39 is 0 Å². The Balaban J connectivity index is 1.21. The van der Waals surface area contributed by atoms with Crippen molar-refractivity contribution in [3.05, 3.63) is 206 Å². The number of hydrogen-bond donors (Lipinski definition) is 0. The van der Waals surface area contributed by atoms with Crippen LogP contribution in [0.2, 0.25) is 0 Å². The summed E-state index contributed by atoms with van der Waals surface area (Å²) in [5.74, 6) is 2.64. The Hall–Kier alpha value is -6.91. The molecule has 6 aromatic carbocycles. The van der Waals surface area contributed by atoms with Crippen LogP contribution in [-0.2, 0) is 0 Å². The molecule has 1 aliphatic heterocycles. The lowest BCUT2D eigenvalue weighted by Crippen LogP contribution is -2.02. The summed E-state index contributed by atoms with van der Waals surface area (Å²) in [4.78, 5) is 15.2. The van der Waals surface area contributed by atoms with Gasteiger partial charge in [-0.3, -0.25) is 0 Å². The molecule has 52 heavy (non-hydrogen) atoms. The summed E-state index contributed by atoms with van der Waals surface area (Å²) in [6.45, 7) is 8.52. The van der Waals surface area contributed by atoms with Crippen LogP contribution in [0.5, 0.6) is 5.75 Å². The van der Waals surface area contributed by atoms with E-state index in [1.54, 1.807) is 6.26 Å². The molecule has 0 amide bonds. The minimum atomic E-state index is 0.605. The number of allylic oxidation sites excluding steroid dienone is 9. The molecule has 0 spiro atoms. The minimum Gasteiger partial charge on any atom is -0.464 e. The van der Waals surface area contributed by atoms with Crippen LogP contribution in [0, 0.1) is 0 Å². The van der Waals surface area contributed by atoms with Crippen molar-refractivity contribution < 1.29 is 4.74 Å². The fourth-order valence-electron chi connectivity index (χ4n) is 6.70. The highest BCUT2D eigenvalue weighted by atomic mass is 16.5. The molecule has 8 rings (SSSR count). The summed E-state index contributed by atoms with van der Waals surface area (Å²) in [6.07, 6.45) is 14.8. The topological polar surface area (TPSA) is 47.9 Å². The number of benzene rings is 6. The molecule has 0 N–H and O–H groups in total. The van der Waals surface area contributed by atoms with E-state index in [0.29, 0.717) is 23.9 Å². The molecule has 0 fully saturated rings. The Labute approximate surface area is 303 Å². The standard InChI is InChI=1S/C48H35N3O/c1-3-15-35(23-14-16-34-30-31-52-43-29-27-37-18-10-12-24-40(37)44(43)33(2)32-34)42-28-26-36-17-11-13-25-41(36)45(42)48-50-46(38-19-6-4-7-20-38)49-47(51-48)39-21-8-5-9-22-39/h3-15,17-32H,1-2,16H2/b23-14-,31-30-,34-32-,35-15+. The van der Waals surface area contributed by atoms with Crippen LogP contribution in [0.25, 0.3) is 66.9 Å². The fourth-order valence-corrected chi connectivity index (χ4v) is 6.70. The summed E-state index contributed by atoms with van der Waals surface area (Å²) in [5.41, 5.74) is 7.77. The molecular weight excluding hydrogens is 635 g/mol. The Morgan fingerprint density at radius 1 is 0.615 bits per heavy atom. The predicted molar refractivity (Wildman–Crippen MR) is 216 cm³/mol. The van der Waals surface area contributed by atoms with Crippen LogP contribution in [0.4, 0.5) is 0 Å². The molecule has 2 heterocycles. The molecule has 4 heteroatoms. The first kappa shape index (κ1) is 32.3. The molecule has 0 unspecified atom stereocenters. The van der Waals surface area contributed by atoms with Crippen molar-refractivity contribution in [3.63, 3.8) is 0 Å². The quantitative estimate of drug-likeness (QED) is 0.151. The van der Waals surface area contributed by atoms with Gasteiger partial charge in [-0.2, -0.15) is 0 Å². The molecule has 7 aromatic rings. The number of hydrogen-bond acceptors (Lipinski definition) is 4. The minimum absolute atomic E-state index is 0.605. The Bertz CT molecular complexity index is 2540. The second kappa shape index (κ2) is 14.5. The zero-order valence-electron chi connectivity index (χ0n) is 28.6. The lowest BCUT2D eigenvalue weighted by molar-refractivity contribution is 0.479. The first-order valence-corrected chi connectivity index (χ1v) is 17.3. The van der Waals surface area contributed by atoms with Gasteiger partial charge >= 0.3 is 0 Å². The van der Waals surface area contributed by atoms with E-state index in [4.69, 9.17) is 19.7 Å². The van der Waals surface area contributed by atoms with Crippen molar-refractivity contribution in [3.8, 4) is 39.9 Å². The second-order valence-electron chi connectivity index (χ2n) is 12.5. The summed E-state index contributed by atoms with van der Waals surface area (Å²) in [5, 5.41) is 4.43. The van der Waals surface area contributed by atoms with Crippen LogP contribution in [-0.4, -0.2) is 15.0 Å². The van der Waals surface area contributed by atoms with Crippen molar-refractivity contribution in [1.82, 2.24) is 15.0 Å². The maximum Gasteiger partial charge on any atom is 0.165 e. The average Bonchev–Trinajstić information content (AvgIpc) is 3.19. The number of ether oxygens (including phenoxy) is 1. The fraction of sp³-hybridized carbons (Fsp3) is 0.0208. The van der Waals surface area contributed by atoms with Gasteiger partial charge in [-0.25, -0.2) is 15.0 Å². The molecule has 248 valence electrons. The Morgan fingerprint density at radius 3 is 1.85 bits per heavy atom. The van der Waals surface area contributed by atoms with Crippen LogP contribution in [0.3, 0.4) is 0 Å². The number of aromatic nitrogens is 3. The lowest BCUT2D eigenvalue weighted by Gasteiger charge is -2.16. The molecule has 4 nitrogen and oxygen atoms in total. The van der Waals surface area contributed by atoms with Gasteiger partial charge in [0.05, 0.1) is 6.26 Å². The van der Waals surface area contributed by atoms with Crippen molar-refractivity contribution in [1.29, 1.82) is 0 Å². The molecule has 0 atom stereocenters. The Morgan fingerprint density at radius 2 is 1.19 bits per heavy atom. The molecule has 0 saturated heterocycles. The predicted octanol–water partition coefficient (Wildman–Crippen LogP) is 12.2. The monoisotopic (exact) mass is 669 g/mol. The number of nitrogens with zero attached hydrogens (tertiary/aromatic N) is 3. The van der Waals surface area contributed by atoms with Gasteiger partial charge in [-0.15, -0.1) is 0 Å². The Kier molecular flexibility index (Phi) is 9.02. The van der Waals surface area contributed by atoms with E-state index in [1.807, 2.05) is 97.1 Å². The maximum absolute atomic E-state index is 6.11. The highest BCUT2D eigenvalue weighted by Crippen LogP contribution is 2.38. The third-order valence-electron chi connectivity index (χ3n) is 9.16. The molecule has 1 aliphatic rings. The molecule has 1 aromatic heterocycles. The molecule has 0 aliphatic carbocycles. The number of fused-ring (bicyclic) bond motifs is 4. The SMILES string of the molecule is C=C/C=C(\C=C/CC1=C/C(=C)c2c(ccc3ccccc23)O/C=C\1)c1ccc2ccccc2c1-c1nc(-c2ccccc2)nc(-c2ccccc2)n1. The van der Waals surface area contributed by atoms with Gasteiger partial charge in [0.25, 0.3) is 0 Å². The summed E-state index contributed by atoms with van der Waals surface area (Å²) >= 11 is 0. The van der Waals surface area contributed by atoms with E-state index in [9.17, 15) is 0 Å². The van der Waals surface area contributed by atoms with Gasteiger partial charge in [0.15, 0.2) is 17.5 Å². The van der Waals surface area contributed by atoms with Crippen molar-refractivity contribution in [2.24, 2.45) is 0 Å². The van der Waals surface area contributed by atoms with Crippen molar-refractivity contribution >= 4 is 32.7 Å². The summed E-state index contributed by atoms with van der Waals surface area (Å²) in [7, 11) is 0. The number of rotatable bonds is 8. The van der Waals surface area contributed by atoms with Crippen LogP contribution in [0.1, 0.15) is 17.5 Å². The third-order valence-corrected chi connectivity index (χ3v) is 9.16. The van der Waals surface area contributed by atoms with E-state index in [2.05, 4.69) is 86.0 Å². The van der Waals surface area contributed by atoms with Gasteiger partial charge in [0, 0.05) is 22.3 Å². The van der Waals surface area contributed by atoms with Gasteiger partial charge in [0.2, 0.25) is 0 Å². The van der Waals surface area contributed by atoms with Crippen LogP contribution in [0.15, 0.2) is 195 Å². The lowest BCUT2D eigenvalue weighted by atomic mass is 9.92. The molecular formula is C48H35N3O. The van der Waals surface area contributed by atoms with E-state index in [0.717, 1.165) is 71.8 Å². The van der Waals surface area contributed by atoms with E-state index >= 15 is 0 Å². The highest BCUT2D eigenvalue weighted by molar-refractivity contribution is 6.02. The van der Waals surface area contributed by atoms with Gasteiger partial charge in [-0.1, -0.05) is 171 Å². The summed E-state index contributed by atoms with van der Waals surface area (Å²) in [6, 6.07) is 45.2. The zero-order chi connectivity index (χ0) is 35.3. The maximum atomic E-state index is 6.11. The molecule has 0 radical (unpaired) electrons. The van der Waals surface area contributed by atoms with E-state index in [-0.39, 0.29) is 0 Å². The first-order valence-electron chi connectivity index (χ1n) is 17.3. The highest BCUT2D eigenvalue weighted by Gasteiger charge is 2.19. The van der Waals surface area contributed by atoms with Crippen molar-refractivity contribution in [2.45, 2.75) is 6.42 Å². The normalized spacial score (nSPS) is 14.7. The molecule has 0 saturated carbocycles. The van der Waals surface area contributed by atoms with Crippen LogP contribution >= 0.6 is 0 Å². The van der Waals surface area contributed by atoms with Gasteiger partial charge in [-0.05, 0) is 62.4 Å². The second-order valence-corrected chi connectivity index (χ2v) is 12.5. The van der Waals surface area contributed by atoms with Crippen molar-refractivity contribution in [2.75, 3.05) is 0 Å². The third kappa shape index (κ3) is 6.53. The zero-order valence-corrected chi connectivity index (χ0v) is 28.6. The van der Waals surface area contributed by atoms with E-state index in [1.165, 1.54) is 0 Å². The smallest absolute Gasteiger partial charge is 0.165 e. The molecule has 0 bridgehead atoms. The van der Waals surface area contributed by atoms with Gasteiger partial charge in [0.1, 0.15) is 5.75 Å². The largest absolute Gasteiger partial charge is 0.464 e. The van der Waals surface area contributed by atoms with Crippen LogP contribution < -0.4 is 4.74 Å². The first-order chi connectivity index (χ1) is 25.7. The van der Waals surface area contributed by atoms with Gasteiger partial charge < -0.3 is 4.74 Å².